The minimum atomic E-state index is -0.592. The molecule has 4 heteroatoms. The zero-order valence-corrected chi connectivity index (χ0v) is 9.86. The Labute approximate surface area is 101 Å². The fourth-order valence-corrected chi connectivity index (χ4v) is 2.48. The molecular weight excluding hydrogens is 250 g/mol. The monoisotopic (exact) mass is 258 g/mol. The number of hydrogen-bond acceptors (Lipinski definition) is 1. The molecule has 1 aromatic carbocycles. The van der Waals surface area contributed by atoms with Crippen LogP contribution in [0.15, 0.2) is 35.0 Å². The number of rotatable bonds is 3. The highest BCUT2D eigenvalue weighted by molar-refractivity contribution is 7.07. The molecule has 0 fully saturated rings. The number of hydrogen-bond donors (Lipinski definition) is 0. The second kappa shape index (κ2) is 4.93. The van der Waals surface area contributed by atoms with Crippen LogP contribution in [0.2, 0.25) is 0 Å². The first-order valence-electron chi connectivity index (χ1n) is 4.76. The molecule has 1 unspecified atom stereocenters. The Hall–Kier alpha value is -0.930. The smallest absolute Gasteiger partial charge is 0.126 e. The predicted molar refractivity (Wildman–Crippen MR) is 63.0 cm³/mol. The molecule has 0 bridgehead atoms. The number of thiophene rings is 1. The van der Waals surface area contributed by atoms with Gasteiger partial charge in [-0.1, -0.05) is 0 Å². The van der Waals surface area contributed by atoms with Gasteiger partial charge in [-0.2, -0.15) is 11.3 Å². The molecule has 84 valence electrons. The number of halogens is 3. The summed E-state index contributed by atoms with van der Waals surface area (Å²) in [5, 5.41) is 3.52. The largest absolute Gasteiger partial charge is 0.207 e. The fourth-order valence-electron chi connectivity index (χ4n) is 1.49. The van der Waals surface area contributed by atoms with Crippen LogP contribution >= 0.6 is 22.9 Å². The van der Waals surface area contributed by atoms with Crippen molar-refractivity contribution in [2.75, 3.05) is 0 Å². The van der Waals surface area contributed by atoms with Crippen LogP contribution in [0.25, 0.3) is 0 Å². The molecule has 2 rings (SSSR count). The lowest BCUT2D eigenvalue weighted by atomic mass is 10.1. The van der Waals surface area contributed by atoms with E-state index in [9.17, 15) is 8.78 Å². The predicted octanol–water partition coefficient (Wildman–Crippen LogP) is 4.55. The van der Waals surface area contributed by atoms with Crippen molar-refractivity contribution >= 4 is 22.9 Å². The molecule has 0 saturated heterocycles. The molecule has 0 amide bonds. The zero-order chi connectivity index (χ0) is 11.5. The zero-order valence-electron chi connectivity index (χ0n) is 8.29. The summed E-state index contributed by atoms with van der Waals surface area (Å²) in [6, 6.07) is 5.34. The maximum atomic E-state index is 13.0. The Kier molecular flexibility index (Phi) is 3.56. The van der Waals surface area contributed by atoms with Crippen molar-refractivity contribution in [2.45, 2.75) is 11.8 Å². The average molecular weight is 259 g/mol. The number of alkyl halides is 1. The quantitative estimate of drug-likeness (QED) is 0.709. The molecule has 0 radical (unpaired) electrons. The van der Waals surface area contributed by atoms with Gasteiger partial charge < -0.3 is 0 Å². The van der Waals surface area contributed by atoms with Crippen LogP contribution < -0.4 is 0 Å². The van der Waals surface area contributed by atoms with E-state index in [0.29, 0.717) is 12.0 Å². The minimum Gasteiger partial charge on any atom is -0.207 e. The molecule has 2 aromatic rings. The van der Waals surface area contributed by atoms with Crippen LogP contribution in [0.5, 0.6) is 0 Å². The van der Waals surface area contributed by atoms with E-state index in [1.807, 2.05) is 16.8 Å². The van der Waals surface area contributed by atoms with Crippen LogP contribution in [0.3, 0.4) is 0 Å². The van der Waals surface area contributed by atoms with Gasteiger partial charge in [-0.15, -0.1) is 11.6 Å². The van der Waals surface area contributed by atoms with Gasteiger partial charge in [-0.25, -0.2) is 8.78 Å². The maximum Gasteiger partial charge on any atom is 0.126 e. The second-order valence-corrected chi connectivity index (χ2v) is 4.81. The summed E-state index contributed by atoms with van der Waals surface area (Å²) in [6.45, 7) is 0. The molecule has 1 heterocycles. The van der Waals surface area contributed by atoms with Gasteiger partial charge in [0.05, 0.1) is 5.38 Å². The van der Waals surface area contributed by atoms with Crippen LogP contribution in [0.1, 0.15) is 16.5 Å². The highest BCUT2D eigenvalue weighted by Crippen LogP contribution is 2.27. The van der Waals surface area contributed by atoms with Gasteiger partial charge in [-0.3, -0.25) is 0 Å². The highest BCUT2D eigenvalue weighted by Gasteiger charge is 2.11. The summed E-state index contributed by atoms with van der Waals surface area (Å²) in [5.74, 6) is -1.18. The van der Waals surface area contributed by atoms with Crippen molar-refractivity contribution in [1.29, 1.82) is 0 Å². The molecule has 1 aromatic heterocycles. The summed E-state index contributed by atoms with van der Waals surface area (Å²) in [6.07, 6.45) is 0.577. The van der Waals surface area contributed by atoms with Gasteiger partial charge in [0, 0.05) is 6.07 Å². The molecule has 0 saturated carbocycles. The third-order valence-corrected chi connectivity index (χ3v) is 3.38. The molecule has 1 atom stereocenters. The van der Waals surface area contributed by atoms with Crippen molar-refractivity contribution in [3.05, 3.63) is 57.8 Å². The van der Waals surface area contributed by atoms with Crippen molar-refractivity contribution in [3.8, 4) is 0 Å². The Morgan fingerprint density at radius 2 is 1.88 bits per heavy atom. The van der Waals surface area contributed by atoms with Gasteiger partial charge >= 0.3 is 0 Å². The maximum absolute atomic E-state index is 13.0. The average Bonchev–Trinajstić information content (AvgIpc) is 2.68. The standard InChI is InChI=1S/C12H9ClF2S/c13-12(3-8-1-2-16-7-8)9-4-10(14)6-11(15)5-9/h1-2,4-7,12H,3H2. The minimum absolute atomic E-state index is 0.403. The highest BCUT2D eigenvalue weighted by atomic mass is 35.5. The Morgan fingerprint density at radius 3 is 2.44 bits per heavy atom. The first-order chi connectivity index (χ1) is 7.65. The Balaban J connectivity index is 2.17. The van der Waals surface area contributed by atoms with Gasteiger partial charge in [0.15, 0.2) is 0 Å². The number of benzene rings is 1. The third kappa shape index (κ3) is 2.80. The van der Waals surface area contributed by atoms with E-state index in [-0.39, 0.29) is 0 Å². The van der Waals surface area contributed by atoms with E-state index in [1.54, 1.807) is 11.3 Å². The van der Waals surface area contributed by atoms with Gasteiger partial charge in [-0.05, 0) is 46.5 Å². The summed E-state index contributed by atoms with van der Waals surface area (Å²) in [4.78, 5) is 0. The van der Waals surface area contributed by atoms with Crippen LogP contribution in [-0.4, -0.2) is 0 Å². The summed E-state index contributed by atoms with van der Waals surface area (Å²) in [5.41, 5.74) is 1.56. The lowest BCUT2D eigenvalue weighted by molar-refractivity contribution is 0.579. The van der Waals surface area contributed by atoms with Gasteiger partial charge in [0.2, 0.25) is 0 Å². The van der Waals surface area contributed by atoms with E-state index in [2.05, 4.69) is 0 Å². The van der Waals surface area contributed by atoms with Crippen molar-refractivity contribution < 1.29 is 8.78 Å². The van der Waals surface area contributed by atoms with Crippen LogP contribution in [0, 0.1) is 11.6 Å². The van der Waals surface area contributed by atoms with Crippen LogP contribution in [-0.2, 0) is 6.42 Å². The third-order valence-electron chi connectivity index (χ3n) is 2.24. The van der Waals surface area contributed by atoms with E-state index >= 15 is 0 Å². The summed E-state index contributed by atoms with van der Waals surface area (Å²) in [7, 11) is 0. The molecule has 0 aliphatic carbocycles. The lowest BCUT2D eigenvalue weighted by Crippen LogP contribution is -1.96. The lowest BCUT2D eigenvalue weighted by Gasteiger charge is -2.09. The van der Waals surface area contributed by atoms with Crippen molar-refractivity contribution in [2.24, 2.45) is 0 Å². The molecule has 0 nitrogen and oxygen atoms in total. The Morgan fingerprint density at radius 1 is 1.19 bits per heavy atom. The topological polar surface area (TPSA) is 0 Å². The van der Waals surface area contributed by atoms with Crippen molar-refractivity contribution in [3.63, 3.8) is 0 Å². The molecule has 0 aliphatic rings. The van der Waals surface area contributed by atoms with Gasteiger partial charge in [0.1, 0.15) is 11.6 Å². The molecule has 0 spiro atoms. The van der Waals surface area contributed by atoms with E-state index in [1.165, 1.54) is 12.1 Å². The molecular formula is C12H9ClF2S. The molecule has 0 N–H and O–H groups in total. The first kappa shape index (κ1) is 11.6. The van der Waals surface area contributed by atoms with E-state index in [0.717, 1.165) is 11.6 Å². The van der Waals surface area contributed by atoms with Gasteiger partial charge in [0.25, 0.3) is 0 Å². The first-order valence-corrected chi connectivity index (χ1v) is 6.14. The Bertz CT molecular complexity index is 448. The van der Waals surface area contributed by atoms with Crippen molar-refractivity contribution in [1.82, 2.24) is 0 Å². The fraction of sp³-hybridized carbons (Fsp3) is 0.167. The van der Waals surface area contributed by atoms with Crippen LogP contribution in [0.4, 0.5) is 8.78 Å². The summed E-state index contributed by atoms with van der Waals surface area (Å²) < 4.78 is 25.9. The summed E-state index contributed by atoms with van der Waals surface area (Å²) >= 11 is 7.69. The normalized spacial score (nSPS) is 12.7. The van der Waals surface area contributed by atoms with E-state index in [4.69, 9.17) is 11.6 Å². The molecule has 16 heavy (non-hydrogen) atoms. The van der Waals surface area contributed by atoms with E-state index < -0.39 is 17.0 Å². The SMILES string of the molecule is Fc1cc(F)cc(C(Cl)Cc2ccsc2)c1. The second-order valence-electron chi connectivity index (χ2n) is 3.51. The molecule has 0 aliphatic heterocycles.